The molecule has 1 N–H and O–H groups in total. The number of carbonyl (C=O) groups is 1. The van der Waals surface area contributed by atoms with Crippen molar-refractivity contribution in [3.8, 4) is 0 Å². The molecule has 2 aromatic rings. The summed E-state index contributed by atoms with van der Waals surface area (Å²) in [4.78, 5) is 17.9. The number of nitrogens with zero attached hydrogens (tertiary/aromatic N) is 2. The summed E-state index contributed by atoms with van der Waals surface area (Å²) in [7, 11) is 0. The van der Waals surface area contributed by atoms with E-state index in [4.69, 9.17) is 0 Å². The molecule has 0 fully saturated rings. The number of carboxylic acids is 1. The number of hydrogen-bond acceptors (Lipinski definition) is 3. The number of pyridine rings is 1. The van der Waals surface area contributed by atoms with Gasteiger partial charge in [-0.3, -0.25) is 0 Å². The second-order valence-corrected chi connectivity index (χ2v) is 5.11. The molecule has 1 aliphatic heterocycles. The summed E-state index contributed by atoms with van der Waals surface area (Å²) in [6.07, 6.45) is 4.71. The summed E-state index contributed by atoms with van der Waals surface area (Å²) in [5, 5.41) is 10.9. The normalized spacial score (nSPS) is 15.2. The first-order valence-corrected chi connectivity index (χ1v) is 6.68. The molecule has 2 heterocycles. The fourth-order valence-electron chi connectivity index (χ4n) is 2.69. The first kappa shape index (κ1) is 12.7. The fourth-order valence-corrected chi connectivity index (χ4v) is 2.69. The van der Waals surface area contributed by atoms with Crippen molar-refractivity contribution in [1.29, 1.82) is 0 Å². The lowest BCUT2D eigenvalue weighted by Gasteiger charge is -2.28. The van der Waals surface area contributed by atoms with Crippen LogP contribution in [0.15, 0.2) is 42.1 Å². The zero-order valence-electron chi connectivity index (χ0n) is 11.3. The highest BCUT2D eigenvalue weighted by Gasteiger charge is 2.18. The molecule has 1 aliphatic rings. The van der Waals surface area contributed by atoms with Gasteiger partial charge in [-0.05, 0) is 13.3 Å². The Morgan fingerprint density at radius 1 is 1.30 bits per heavy atom. The van der Waals surface area contributed by atoms with Gasteiger partial charge < -0.3 is 10.0 Å². The van der Waals surface area contributed by atoms with Gasteiger partial charge in [-0.1, -0.05) is 35.9 Å². The van der Waals surface area contributed by atoms with Crippen molar-refractivity contribution in [3.63, 3.8) is 0 Å². The molecule has 0 amide bonds. The lowest BCUT2D eigenvalue weighted by Crippen LogP contribution is -2.30. The van der Waals surface area contributed by atoms with Crippen LogP contribution >= 0.6 is 0 Å². The monoisotopic (exact) mass is 268 g/mol. The van der Waals surface area contributed by atoms with E-state index in [1.54, 1.807) is 0 Å². The quantitative estimate of drug-likeness (QED) is 0.850. The summed E-state index contributed by atoms with van der Waals surface area (Å²) >= 11 is 0. The van der Waals surface area contributed by atoms with E-state index in [2.05, 4.69) is 22.9 Å². The first-order valence-electron chi connectivity index (χ1n) is 6.68. The number of hydrogen-bond donors (Lipinski definition) is 1. The molecule has 0 saturated carbocycles. The van der Waals surface area contributed by atoms with Gasteiger partial charge in [0.2, 0.25) is 0 Å². The Morgan fingerprint density at radius 3 is 2.75 bits per heavy atom. The Bertz CT molecular complexity index is 707. The van der Waals surface area contributed by atoms with Crippen LogP contribution in [-0.2, 0) is 0 Å². The Balaban J connectivity index is 2.15. The molecule has 1 aromatic heterocycles. The molecule has 102 valence electrons. The van der Waals surface area contributed by atoms with Crippen LogP contribution in [0.2, 0.25) is 0 Å². The molecular formula is C16H16N2O2. The average Bonchev–Trinajstić information content (AvgIpc) is 2.46. The minimum Gasteiger partial charge on any atom is -0.478 e. The second-order valence-electron chi connectivity index (χ2n) is 5.11. The van der Waals surface area contributed by atoms with E-state index < -0.39 is 5.97 Å². The molecule has 0 bridgehead atoms. The topological polar surface area (TPSA) is 53.4 Å². The predicted octanol–water partition coefficient (Wildman–Crippen LogP) is 3.09. The van der Waals surface area contributed by atoms with E-state index in [9.17, 15) is 9.90 Å². The van der Waals surface area contributed by atoms with Crippen LogP contribution in [0.3, 0.4) is 0 Å². The van der Waals surface area contributed by atoms with E-state index in [-0.39, 0.29) is 5.56 Å². The Hall–Kier alpha value is -2.36. The van der Waals surface area contributed by atoms with Crippen LogP contribution < -0.4 is 4.90 Å². The van der Waals surface area contributed by atoms with Crippen molar-refractivity contribution in [1.82, 2.24) is 4.98 Å². The number of benzene rings is 1. The van der Waals surface area contributed by atoms with Crippen LogP contribution in [-0.4, -0.2) is 29.1 Å². The van der Waals surface area contributed by atoms with Gasteiger partial charge in [-0.25, -0.2) is 9.78 Å². The van der Waals surface area contributed by atoms with Gasteiger partial charge in [0, 0.05) is 30.1 Å². The number of carboxylic acid groups (broad SMARTS) is 1. The zero-order chi connectivity index (χ0) is 14.1. The molecule has 4 nitrogen and oxygen atoms in total. The zero-order valence-corrected chi connectivity index (χ0v) is 11.3. The lowest BCUT2D eigenvalue weighted by atomic mass is 10.1. The number of aromatic carboxylic acids is 1. The molecule has 1 aromatic carbocycles. The predicted molar refractivity (Wildman–Crippen MR) is 79.3 cm³/mol. The molecule has 0 saturated heterocycles. The van der Waals surface area contributed by atoms with E-state index >= 15 is 0 Å². The van der Waals surface area contributed by atoms with Gasteiger partial charge in [0.25, 0.3) is 0 Å². The Labute approximate surface area is 117 Å². The van der Waals surface area contributed by atoms with E-state index in [1.165, 1.54) is 11.8 Å². The summed E-state index contributed by atoms with van der Waals surface area (Å²) in [6, 6.07) is 7.57. The Kier molecular flexibility index (Phi) is 3.14. The van der Waals surface area contributed by atoms with Gasteiger partial charge in [0.1, 0.15) is 5.82 Å². The smallest absolute Gasteiger partial charge is 0.337 e. The average molecular weight is 268 g/mol. The van der Waals surface area contributed by atoms with Crippen LogP contribution in [0, 0.1) is 0 Å². The minimum absolute atomic E-state index is 0.258. The van der Waals surface area contributed by atoms with Crippen LogP contribution in [0.1, 0.15) is 23.7 Å². The van der Waals surface area contributed by atoms with E-state index in [0.717, 1.165) is 36.1 Å². The van der Waals surface area contributed by atoms with E-state index in [0.29, 0.717) is 0 Å². The largest absolute Gasteiger partial charge is 0.478 e. The van der Waals surface area contributed by atoms with Crippen molar-refractivity contribution in [2.24, 2.45) is 0 Å². The highest BCUT2D eigenvalue weighted by Crippen LogP contribution is 2.28. The first-order chi connectivity index (χ1) is 9.66. The third-order valence-electron chi connectivity index (χ3n) is 3.64. The van der Waals surface area contributed by atoms with Crippen molar-refractivity contribution in [2.45, 2.75) is 13.3 Å². The molecule has 4 heteroatoms. The molecule has 0 radical (unpaired) electrons. The molecule has 20 heavy (non-hydrogen) atoms. The lowest BCUT2D eigenvalue weighted by molar-refractivity contribution is 0.0698. The number of fused-ring (bicyclic) bond motifs is 1. The molecule has 3 rings (SSSR count). The number of aromatic nitrogens is 1. The third kappa shape index (κ3) is 2.13. The van der Waals surface area contributed by atoms with Gasteiger partial charge in [-0.2, -0.15) is 0 Å². The molecule has 0 unspecified atom stereocenters. The van der Waals surface area contributed by atoms with Crippen molar-refractivity contribution in [3.05, 3.63) is 47.7 Å². The van der Waals surface area contributed by atoms with Crippen LogP contribution in [0.25, 0.3) is 10.8 Å². The maximum Gasteiger partial charge on any atom is 0.337 e. The van der Waals surface area contributed by atoms with Gasteiger partial charge in [0.05, 0.1) is 5.56 Å². The SMILES string of the molecule is CC1=CCCN(c2ncc(C(=O)O)c3ccccc23)C1. The highest BCUT2D eigenvalue weighted by atomic mass is 16.4. The van der Waals surface area contributed by atoms with Crippen LogP contribution in [0.5, 0.6) is 0 Å². The van der Waals surface area contributed by atoms with E-state index in [1.807, 2.05) is 24.3 Å². The van der Waals surface area contributed by atoms with Gasteiger partial charge >= 0.3 is 5.97 Å². The van der Waals surface area contributed by atoms with Gasteiger partial charge in [0.15, 0.2) is 0 Å². The van der Waals surface area contributed by atoms with Crippen molar-refractivity contribution >= 4 is 22.6 Å². The third-order valence-corrected chi connectivity index (χ3v) is 3.64. The summed E-state index contributed by atoms with van der Waals surface area (Å²) in [6.45, 7) is 3.88. The summed E-state index contributed by atoms with van der Waals surface area (Å²) in [5.74, 6) is -0.0620. The second kappa shape index (κ2) is 4.96. The highest BCUT2D eigenvalue weighted by molar-refractivity contribution is 6.06. The molecule has 0 aliphatic carbocycles. The molecule has 0 spiro atoms. The van der Waals surface area contributed by atoms with Crippen molar-refractivity contribution in [2.75, 3.05) is 18.0 Å². The molecular weight excluding hydrogens is 252 g/mol. The Morgan fingerprint density at radius 2 is 2.05 bits per heavy atom. The summed E-state index contributed by atoms with van der Waals surface area (Å²) in [5.41, 5.74) is 1.58. The standard InChI is InChI=1S/C16H16N2O2/c1-11-5-4-8-18(10-11)15-13-7-3-2-6-12(13)14(9-17-15)16(19)20/h2-3,5-7,9H,4,8,10H2,1H3,(H,19,20). The summed E-state index contributed by atoms with van der Waals surface area (Å²) < 4.78 is 0. The fraction of sp³-hybridized carbons (Fsp3) is 0.250. The van der Waals surface area contributed by atoms with Crippen molar-refractivity contribution < 1.29 is 9.90 Å². The maximum absolute atomic E-state index is 11.3. The number of anilines is 1. The number of rotatable bonds is 2. The maximum atomic E-state index is 11.3. The van der Waals surface area contributed by atoms with Crippen LogP contribution in [0.4, 0.5) is 5.82 Å². The molecule has 0 atom stereocenters. The minimum atomic E-state index is -0.935. The van der Waals surface area contributed by atoms with Gasteiger partial charge in [-0.15, -0.1) is 0 Å².